The van der Waals surface area contributed by atoms with E-state index >= 15 is 0 Å². The highest BCUT2D eigenvalue weighted by atomic mass is 19.3. The van der Waals surface area contributed by atoms with Crippen molar-refractivity contribution in [2.45, 2.75) is 19.6 Å². The molecule has 0 bridgehead atoms. The Bertz CT molecular complexity index is 755. The van der Waals surface area contributed by atoms with Crippen molar-refractivity contribution in [2.75, 3.05) is 19.6 Å². The van der Waals surface area contributed by atoms with Crippen molar-refractivity contribution in [1.29, 1.82) is 0 Å². The molecule has 2 amide bonds. The number of hydrogen-bond acceptors (Lipinski definition) is 3. The number of amides is 2. The number of alkyl halides is 2. The Hall–Kier alpha value is -3.00. The van der Waals surface area contributed by atoms with Crippen molar-refractivity contribution in [2.24, 2.45) is 0 Å². The maximum absolute atomic E-state index is 12.3. The van der Waals surface area contributed by atoms with Crippen LogP contribution in [0.4, 0.5) is 8.78 Å². The molecule has 2 rings (SSSR count). The minimum Gasteiger partial charge on any atom is -0.435 e. The summed E-state index contributed by atoms with van der Waals surface area (Å²) in [6, 6.07) is 15.6. The number of carbonyl (C=O) groups is 2. The topological polar surface area (TPSA) is 84.0 Å². The summed E-state index contributed by atoms with van der Waals surface area (Å²) >= 11 is 0. The summed E-state index contributed by atoms with van der Waals surface area (Å²) in [5, 5.41) is 7.00. The number of quaternary nitrogens is 1. The van der Waals surface area contributed by atoms with Crippen LogP contribution in [0.25, 0.3) is 0 Å². The molecule has 2 aromatic carbocycles. The van der Waals surface area contributed by atoms with E-state index in [1.165, 1.54) is 12.1 Å². The monoisotopic (exact) mass is 392 g/mol. The van der Waals surface area contributed by atoms with Crippen LogP contribution in [0.2, 0.25) is 0 Å². The number of hydrogen-bond donors (Lipinski definition) is 3. The summed E-state index contributed by atoms with van der Waals surface area (Å²) < 4.78 is 29.0. The van der Waals surface area contributed by atoms with E-state index in [1.54, 1.807) is 19.1 Å². The van der Waals surface area contributed by atoms with Crippen molar-refractivity contribution in [1.82, 2.24) is 10.6 Å². The molecule has 0 spiro atoms. The maximum Gasteiger partial charge on any atom is 0.387 e. The number of nitrogens with one attached hydrogen (secondary N) is 2. The number of halogens is 2. The average molecular weight is 392 g/mol. The first-order chi connectivity index (χ1) is 13.5. The summed E-state index contributed by atoms with van der Waals surface area (Å²) in [5.74, 6) is -0.444. The Morgan fingerprint density at radius 1 is 0.964 bits per heavy atom. The summed E-state index contributed by atoms with van der Waals surface area (Å²) in [5.41, 5.74) is 1.80. The molecular weight excluding hydrogens is 368 g/mol. The highest BCUT2D eigenvalue weighted by Gasteiger charge is 2.19. The van der Waals surface area contributed by atoms with E-state index in [-0.39, 0.29) is 36.7 Å². The molecule has 0 radical (unpaired) electrons. The zero-order valence-electron chi connectivity index (χ0n) is 15.5. The standard InChI is InChI=1S/C20H23F2N3O3/c1-2-23-17(26)12-24-18(27)13-25-19(14-6-4-3-5-7-14)15-8-10-16(11-9-15)28-20(21)22/h3-11,19-20,25H,2,12-13H2,1H3,(H,23,26)(H,24,27)/p+1/t19-/m0/s1. The normalized spacial score (nSPS) is 11.7. The first kappa shape index (κ1) is 21.3. The minimum absolute atomic E-state index is 0.0732. The van der Waals surface area contributed by atoms with Gasteiger partial charge >= 0.3 is 6.61 Å². The molecule has 0 aliphatic rings. The molecule has 2 aromatic rings. The number of nitrogens with two attached hydrogens (primary N) is 1. The van der Waals surface area contributed by atoms with Crippen LogP contribution >= 0.6 is 0 Å². The summed E-state index contributed by atoms with van der Waals surface area (Å²) in [6.07, 6.45) is 0. The van der Waals surface area contributed by atoms with Gasteiger partial charge in [-0.05, 0) is 31.2 Å². The number of benzene rings is 2. The molecule has 8 heteroatoms. The summed E-state index contributed by atoms with van der Waals surface area (Å²) in [4.78, 5) is 23.5. The van der Waals surface area contributed by atoms with Crippen LogP contribution in [0, 0.1) is 0 Å². The van der Waals surface area contributed by atoms with E-state index in [2.05, 4.69) is 15.4 Å². The van der Waals surface area contributed by atoms with E-state index in [0.717, 1.165) is 11.1 Å². The van der Waals surface area contributed by atoms with Crippen molar-refractivity contribution >= 4 is 11.8 Å². The molecule has 0 heterocycles. The first-order valence-electron chi connectivity index (χ1n) is 8.96. The van der Waals surface area contributed by atoms with Crippen molar-refractivity contribution in [3.05, 3.63) is 65.7 Å². The highest BCUT2D eigenvalue weighted by molar-refractivity contribution is 5.84. The molecule has 1 atom stereocenters. The number of ether oxygens (including phenoxy) is 1. The number of carbonyl (C=O) groups excluding carboxylic acids is 2. The molecule has 0 unspecified atom stereocenters. The Morgan fingerprint density at radius 3 is 2.21 bits per heavy atom. The number of likely N-dealkylation sites (N-methyl/N-ethyl adjacent to an activating group) is 1. The van der Waals surface area contributed by atoms with E-state index in [4.69, 9.17) is 0 Å². The molecular formula is C20H24F2N3O3+. The van der Waals surface area contributed by atoms with Crippen LogP contribution < -0.4 is 20.7 Å². The second-order valence-electron chi connectivity index (χ2n) is 6.01. The van der Waals surface area contributed by atoms with Crippen LogP contribution in [-0.2, 0) is 9.59 Å². The molecule has 0 aliphatic carbocycles. The molecule has 0 aromatic heterocycles. The van der Waals surface area contributed by atoms with Gasteiger partial charge in [0.15, 0.2) is 6.54 Å². The van der Waals surface area contributed by atoms with Gasteiger partial charge in [0.2, 0.25) is 5.91 Å². The van der Waals surface area contributed by atoms with Gasteiger partial charge in [-0.3, -0.25) is 9.59 Å². The molecule has 4 N–H and O–H groups in total. The lowest BCUT2D eigenvalue weighted by atomic mass is 9.98. The minimum atomic E-state index is -2.88. The van der Waals surface area contributed by atoms with E-state index < -0.39 is 6.61 Å². The van der Waals surface area contributed by atoms with Crippen molar-refractivity contribution in [3.63, 3.8) is 0 Å². The Balaban J connectivity index is 2.04. The highest BCUT2D eigenvalue weighted by Crippen LogP contribution is 2.22. The lowest BCUT2D eigenvalue weighted by Gasteiger charge is -2.17. The molecule has 6 nitrogen and oxygen atoms in total. The zero-order chi connectivity index (χ0) is 20.4. The lowest BCUT2D eigenvalue weighted by Crippen LogP contribution is -2.87. The van der Waals surface area contributed by atoms with Gasteiger partial charge in [-0.25, -0.2) is 0 Å². The zero-order valence-corrected chi connectivity index (χ0v) is 15.5. The van der Waals surface area contributed by atoms with Gasteiger partial charge in [-0.2, -0.15) is 8.78 Å². The molecule has 0 saturated carbocycles. The largest absolute Gasteiger partial charge is 0.435 e. The first-order valence-corrected chi connectivity index (χ1v) is 8.96. The third-order valence-corrected chi connectivity index (χ3v) is 3.98. The fraction of sp³-hybridized carbons (Fsp3) is 0.300. The van der Waals surface area contributed by atoms with Crippen molar-refractivity contribution < 1.29 is 28.4 Å². The van der Waals surface area contributed by atoms with Crippen LogP contribution in [0.1, 0.15) is 24.1 Å². The number of rotatable bonds is 10. The van der Waals surface area contributed by atoms with Gasteiger partial charge in [0.1, 0.15) is 11.8 Å². The predicted molar refractivity (Wildman–Crippen MR) is 99.8 cm³/mol. The van der Waals surface area contributed by atoms with E-state index in [1.807, 2.05) is 35.6 Å². The summed E-state index contributed by atoms with van der Waals surface area (Å²) in [7, 11) is 0. The second kappa shape index (κ2) is 11.0. The van der Waals surface area contributed by atoms with Crippen LogP contribution in [0.5, 0.6) is 5.75 Å². The third kappa shape index (κ3) is 6.96. The molecule has 0 saturated heterocycles. The predicted octanol–water partition coefficient (Wildman–Crippen LogP) is 1.19. The average Bonchev–Trinajstić information content (AvgIpc) is 2.68. The third-order valence-electron chi connectivity index (χ3n) is 3.98. The van der Waals surface area contributed by atoms with Crippen LogP contribution in [0.3, 0.4) is 0 Å². The van der Waals surface area contributed by atoms with Gasteiger partial charge in [-0.15, -0.1) is 0 Å². The fourth-order valence-electron chi connectivity index (χ4n) is 2.72. The quantitative estimate of drug-likeness (QED) is 0.568. The maximum atomic E-state index is 12.3. The van der Waals surface area contributed by atoms with Gasteiger partial charge in [0.25, 0.3) is 5.91 Å². The lowest BCUT2D eigenvalue weighted by molar-refractivity contribution is -0.676. The van der Waals surface area contributed by atoms with E-state index in [0.29, 0.717) is 6.54 Å². The van der Waals surface area contributed by atoms with Crippen LogP contribution in [0.15, 0.2) is 54.6 Å². The Kier molecular flexibility index (Phi) is 8.36. The summed E-state index contributed by atoms with van der Waals surface area (Å²) in [6.45, 7) is -0.543. The van der Waals surface area contributed by atoms with Gasteiger partial charge in [-0.1, -0.05) is 30.3 Å². The van der Waals surface area contributed by atoms with Crippen LogP contribution in [-0.4, -0.2) is 38.1 Å². The van der Waals surface area contributed by atoms with E-state index in [9.17, 15) is 18.4 Å². The van der Waals surface area contributed by atoms with Gasteiger partial charge in [0, 0.05) is 17.7 Å². The van der Waals surface area contributed by atoms with Gasteiger partial charge < -0.3 is 20.7 Å². The van der Waals surface area contributed by atoms with Gasteiger partial charge in [0.05, 0.1) is 6.54 Å². The second-order valence-corrected chi connectivity index (χ2v) is 6.01. The molecule has 150 valence electrons. The Morgan fingerprint density at radius 2 is 1.61 bits per heavy atom. The van der Waals surface area contributed by atoms with Crippen molar-refractivity contribution in [3.8, 4) is 5.75 Å². The fourth-order valence-corrected chi connectivity index (χ4v) is 2.72. The molecule has 0 fully saturated rings. The smallest absolute Gasteiger partial charge is 0.387 e. The SMILES string of the molecule is CCNC(=O)CNC(=O)C[NH2+][C@@H](c1ccccc1)c1ccc(OC(F)F)cc1. The Labute approximate surface area is 162 Å². The molecule has 0 aliphatic heterocycles. The molecule has 28 heavy (non-hydrogen) atoms.